The Morgan fingerprint density at radius 1 is 1.04 bits per heavy atom. The Balaban J connectivity index is 1.90. The van der Waals surface area contributed by atoms with Gasteiger partial charge in [-0.05, 0) is 13.8 Å². The van der Waals surface area contributed by atoms with Gasteiger partial charge < -0.3 is 24.0 Å². The summed E-state index contributed by atoms with van der Waals surface area (Å²) in [7, 11) is 0. The van der Waals surface area contributed by atoms with E-state index in [-0.39, 0.29) is 11.8 Å². The Kier molecular flexibility index (Phi) is 5.89. The van der Waals surface area contributed by atoms with Gasteiger partial charge in [-0.15, -0.1) is 6.58 Å². The second-order valence-electron chi connectivity index (χ2n) is 7.20. The van der Waals surface area contributed by atoms with Crippen molar-refractivity contribution in [3.8, 4) is 0 Å². The summed E-state index contributed by atoms with van der Waals surface area (Å²) in [6.45, 7) is 15.6. The summed E-state index contributed by atoms with van der Waals surface area (Å²) in [6.07, 6.45) is 1.83. The summed E-state index contributed by atoms with van der Waals surface area (Å²) < 4.78 is 7.56. The van der Waals surface area contributed by atoms with Gasteiger partial charge in [0, 0.05) is 64.0 Å². The van der Waals surface area contributed by atoms with Crippen molar-refractivity contribution in [1.29, 1.82) is 0 Å². The van der Waals surface area contributed by atoms with Crippen LogP contribution in [0.25, 0.3) is 0 Å². The van der Waals surface area contributed by atoms with Crippen LogP contribution in [0.3, 0.4) is 0 Å². The molecular formula is C20H30N4O3. The van der Waals surface area contributed by atoms with Gasteiger partial charge in [0.25, 0.3) is 5.91 Å². The standard InChI is InChI=1S/C20H30N4O3/c1-5-6-24-16(3)18(22-11-13-27-14-12-22)15(2)19(24)20(26)23-9-7-21(8-10-23)17(4)25/h5H,1,6-14H2,2-4H3. The van der Waals surface area contributed by atoms with Crippen molar-refractivity contribution in [1.82, 2.24) is 14.4 Å². The van der Waals surface area contributed by atoms with Crippen LogP contribution in [0, 0.1) is 13.8 Å². The van der Waals surface area contributed by atoms with E-state index in [1.807, 2.05) is 17.9 Å². The zero-order valence-corrected chi connectivity index (χ0v) is 16.7. The number of hydrogen-bond acceptors (Lipinski definition) is 4. The lowest BCUT2D eigenvalue weighted by Crippen LogP contribution is -2.50. The van der Waals surface area contributed by atoms with E-state index in [1.54, 1.807) is 11.8 Å². The third kappa shape index (κ3) is 3.74. The van der Waals surface area contributed by atoms with Crippen molar-refractivity contribution in [2.24, 2.45) is 0 Å². The van der Waals surface area contributed by atoms with Crippen LogP contribution >= 0.6 is 0 Å². The number of allylic oxidation sites excluding steroid dienone is 1. The Hall–Kier alpha value is -2.28. The molecule has 2 aliphatic heterocycles. The monoisotopic (exact) mass is 374 g/mol. The van der Waals surface area contributed by atoms with Gasteiger partial charge in [-0.3, -0.25) is 9.59 Å². The fourth-order valence-corrected chi connectivity index (χ4v) is 4.14. The fourth-order valence-electron chi connectivity index (χ4n) is 4.14. The van der Waals surface area contributed by atoms with Crippen LogP contribution in [0.5, 0.6) is 0 Å². The largest absolute Gasteiger partial charge is 0.378 e. The number of hydrogen-bond donors (Lipinski definition) is 0. The SMILES string of the molecule is C=CCn1c(C)c(N2CCOCC2)c(C)c1C(=O)N1CCN(C(C)=O)CC1. The van der Waals surface area contributed by atoms with E-state index in [0.717, 1.165) is 35.7 Å². The molecule has 0 spiro atoms. The van der Waals surface area contributed by atoms with Crippen LogP contribution < -0.4 is 4.90 Å². The molecule has 1 aromatic rings. The smallest absolute Gasteiger partial charge is 0.270 e. The molecular weight excluding hydrogens is 344 g/mol. The molecule has 3 rings (SSSR count). The van der Waals surface area contributed by atoms with Gasteiger partial charge in [0.1, 0.15) is 5.69 Å². The molecule has 27 heavy (non-hydrogen) atoms. The summed E-state index contributed by atoms with van der Waals surface area (Å²) in [5.74, 6) is 0.110. The Labute approximate surface area is 161 Å². The Morgan fingerprint density at radius 2 is 1.63 bits per heavy atom. The average molecular weight is 374 g/mol. The maximum absolute atomic E-state index is 13.4. The van der Waals surface area contributed by atoms with Crippen molar-refractivity contribution in [2.75, 3.05) is 57.4 Å². The second-order valence-corrected chi connectivity index (χ2v) is 7.20. The molecule has 0 bridgehead atoms. The van der Waals surface area contributed by atoms with E-state index in [4.69, 9.17) is 4.74 Å². The first-order valence-corrected chi connectivity index (χ1v) is 9.63. The highest BCUT2D eigenvalue weighted by Gasteiger charge is 2.30. The first-order valence-electron chi connectivity index (χ1n) is 9.63. The van der Waals surface area contributed by atoms with Crippen molar-refractivity contribution in [3.63, 3.8) is 0 Å². The maximum atomic E-state index is 13.4. The average Bonchev–Trinajstić information content (AvgIpc) is 2.92. The summed E-state index contributed by atoms with van der Waals surface area (Å²) in [5.41, 5.74) is 4.01. The number of ether oxygens (including phenoxy) is 1. The summed E-state index contributed by atoms with van der Waals surface area (Å²) in [4.78, 5) is 30.9. The van der Waals surface area contributed by atoms with Crippen LogP contribution in [0.2, 0.25) is 0 Å². The molecule has 0 aliphatic carbocycles. The number of morpholine rings is 1. The van der Waals surface area contributed by atoms with E-state index in [9.17, 15) is 9.59 Å². The predicted octanol–water partition coefficient (Wildman–Crippen LogP) is 1.43. The number of nitrogens with zero attached hydrogens (tertiary/aromatic N) is 4. The molecule has 1 aromatic heterocycles. The number of carbonyl (C=O) groups excluding carboxylic acids is 2. The van der Waals surface area contributed by atoms with Gasteiger partial charge in [0.15, 0.2) is 0 Å². The minimum absolute atomic E-state index is 0.0418. The lowest BCUT2D eigenvalue weighted by atomic mass is 10.1. The molecule has 0 aromatic carbocycles. The molecule has 0 saturated carbocycles. The molecule has 2 aliphatic rings. The lowest BCUT2D eigenvalue weighted by Gasteiger charge is -2.34. The maximum Gasteiger partial charge on any atom is 0.270 e. The highest BCUT2D eigenvalue weighted by molar-refractivity contribution is 5.97. The molecule has 2 fully saturated rings. The molecule has 3 heterocycles. The Bertz CT molecular complexity index is 726. The first kappa shape index (κ1) is 19.5. The van der Waals surface area contributed by atoms with Gasteiger partial charge in [-0.1, -0.05) is 6.08 Å². The molecule has 7 heteroatoms. The number of rotatable bonds is 4. The van der Waals surface area contributed by atoms with Crippen molar-refractivity contribution in [3.05, 3.63) is 29.6 Å². The molecule has 0 unspecified atom stereocenters. The normalized spacial score (nSPS) is 18.0. The van der Waals surface area contributed by atoms with Gasteiger partial charge >= 0.3 is 0 Å². The molecule has 2 amide bonds. The molecule has 148 valence electrons. The number of carbonyl (C=O) groups is 2. The van der Waals surface area contributed by atoms with Gasteiger partial charge in [0.2, 0.25) is 5.91 Å². The summed E-state index contributed by atoms with van der Waals surface area (Å²) >= 11 is 0. The number of piperazine rings is 1. The number of aromatic nitrogens is 1. The van der Waals surface area contributed by atoms with Gasteiger partial charge in [0.05, 0.1) is 18.9 Å². The highest BCUT2D eigenvalue weighted by Crippen LogP contribution is 2.32. The predicted molar refractivity (Wildman–Crippen MR) is 105 cm³/mol. The summed E-state index contributed by atoms with van der Waals surface area (Å²) in [6, 6.07) is 0. The van der Waals surface area contributed by atoms with Gasteiger partial charge in [-0.2, -0.15) is 0 Å². The van der Waals surface area contributed by atoms with E-state index < -0.39 is 0 Å². The van der Waals surface area contributed by atoms with Crippen molar-refractivity contribution < 1.29 is 14.3 Å². The Morgan fingerprint density at radius 3 is 2.19 bits per heavy atom. The topological polar surface area (TPSA) is 58.0 Å². The van der Waals surface area contributed by atoms with Crippen LogP contribution in [0.1, 0.15) is 28.7 Å². The minimum atomic E-state index is 0.0418. The zero-order valence-electron chi connectivity index (χ0n) is 16.7. The van der Waals surface area contributed by atoms with Crippen molar-refractivity contribution in [2.45, 2.75) is 27.3 Å². The third-order valence-electron chi connectivity index (χ3n) is 5.58. The van der Waals surface area contributed by atoms with E-state index in [0.29, 0.717) is 45.9 Å². The molecule has 7 nitrogen and oxygen atoms in total. The first-order chi connectivity index (χ1) is 13.0. The van der Waals surface area contributed by atoms with E-state index in [2.05, 4.69) is 23.0 Å². The molecule has 0 atom stereocenters. The quantitative estimate of drug-likeness (QED) is 0.748. The van der Waals surface area contributed by atoms with Crippen LogP contribution in [0.15, 0.2) is 12.7 Å². The van der Waals surface area contributed by atoms with E-state index in [1.165, 1.54) is 0 Å². The lowest BCUT2D eigenvalue weighted by molar-refractivity contribution is -0.130. The van der Waals surface area contributed by atoms with Crippen LogP contribution in [-0.2, 0) is 16.1 Å². The fraction of sp³-hybridized carbons (Fsp3) is 0.600. The van der Waals surface area contributed by atoms with E-state index >= 15 is 0 Å². The van der Waals surface area contributed by atoms with Crippen LogP contribution in [0.4, 0.5) is 5.69 Å². The van der Waals surface area contributed by atoms with Crippen LogP contribution in [-0.4, -0.2) is 78.7 Å². The number of amides is 2. The summed E-state index contributed by atoms with van der Waals surface area (Å²) in [5, 5.41) is 0. The minimum Gasteiger partial charge on any atom is -0.378 e. The molecule has 0 radical (unpaired) electrons. The highest BCUT2D eigenvalue weighted by atomic mass is 16.5. The number of anilines is 1. The molecule has 2 saturated heterocycles. The third-order valence-corrected chi connectivity index (χ3v) is 5.58. The second kappa shape index (κ2) is 8.17. The van der Waals surface area contributed by atoms with Gasteiger partial charge in [-0.25, -0.2) is 0 Å². The molecule has 0 N–H and O–H groups in total. The zero-order chi connectivity index (χ0) is 19.6. The van der Waals surface area contributed by atoms with Crippen molar-refractivity contribution >= 4 is 17.5 Å².